The molecule has 0 unspecified atom stereocenters. The monoisotopic (exact) mass is 459 g/mol. The maximum absolute atomic E-state index is 12.5. The second-order valence-corrected chi connectivity index (χ2v) is 8.06. The standard InChI is InChI=1S/C22H15Cl2NO4S/c23-13-8-9-18(19(24)10-13)20(26)12-30-15-5-3-4-14(11-15)25-21(27)16-6-1-2-7-17(16)22(28)29/h1-11H,12H2,(H,25,27)(H,28,29). The summed E-state index contributed by atoms with van der Waals surface area (Å²) in [6, 6.07) is 17.6. The largest absolute Gasteiger partial charge is 0.478 e. The van der Waals surface area contributed by atoms with Crippen LogP contribution in [0.15, 0.2) is 71.6 Å². The number of nitrogens with one attached hydrogen (secondary N) is 1. The Bertz CT molecular complexity index is 1130. The van der Waals surface area contributed by atoms with Gasteiger partial charge >= 0.3 is 5.97 Å². The van der Waals surface area contributed by atoms with Gasteiger partial charge in [0.1, 0.15) is 0 Å². The number of anilines is 1. The van der Waals surface area contributed by atoms with E-state index in [1.807, 2.05) is 6.07 Å². The summed E-state index contributed by atoms with van der Waals surface area (Å²) in [4.78, 5) is 37.0. The number of Topliss-reactive ketones (excluding diaryl/α,β-unsaturated/α-hetero) is 1. The van der Waals surface area contributed by atoms with Crippen molar-refractivity contribution >= 4 is 58.3 Å². The number of amides is 1. The number of carboxylic acid groups (broad SMARTS) is 1. The summed E-state index contributed by atoms with van der Waals surface area (Å²) in [5.41, 5.74) is 0.868. The first-order valence-electron chi connectivity index (χ1n) is 8.70. The Balaban J connectivity index is 1.68. The van der Waals surface area contributed by atoms with Crippen molar-refractivity contribution in [3.05, 3.63) is 93.5 Å². The van der Waals surface area contributed by atoms with Crippen LogP contribution in [0, 0.1) is 0 Å². The average Bonchev–Trinajstić information content (AvgIpc) is 2.72. The van der Waals surface area contributed by atoms with E-state index in [1.54, 1.807) is 42.5 Å². The van der Waals surface area contributed by atoms with Gasteiger partial charge in [0.2, 0.25) is 0 Å². The molecule has 0 aliphatic carbocycles. The molecular formula is C22H15Cl2NO4S. The molecule has 0 atom stereocenters. The molecule has 0 aliphatic rings. The summed E-state index contributed by atoms with van der Waals surface area (Å²) in [6.07, 6.45) is 0. The van der Waals surface area contributed by atoms with Crippen molar-refractivity contribution < 1.29 is 19.5 Å². The van der Waals surface area contributed by atoms with E-state index in [9.17, 15) is 19.5 Å². The van der Waals surface area contributed by atoms with Crippen LogP contribution in [0.5, 0.6) is 0 Å². The van der Waals surface area contributed by atoms with Crippen LogP contribution in [0.3, 0.4) is 0 Å². The first kappa shape index (κ1) is 21.9. The smallest absolute Gasteiger partial charge is 0.336 e. The number of halogens is 2. The molecule has 3 rings (SSSR count). The fourth-order valence-corrected chi connectivity index (χ4v) is 4.02. The predicted octanol–water partition coefficient (Wildman–Crippen LogP) is 5.92. The first-order valence-corrected chi connectivity index (χ1v) is 10.4. The Morgan fingerprint density at radius 2 is 1.60 bits per heavy atom. The number of rotatable bonds is 7. The van der Waals surface area contributed by atoms with E-state index in [-0.39, 0.29) is 22.7 Å². The van der Waals surface area contributed by atoms with Gasteiger partial charge in [-0.15, -0.1) is 11.8 Å². The van der Waals surface area contributed by atoms with Crippen molar-refractivity contribution in [2.45, 2.75) is 4.90 Å². The van der Waals surface area contributed by atoms with E-state index in [2.05, 4.69) is 5.32 Å². The van der Waals surface area contributed by atoms with Crippen LogP contribution >= 0.6 is 35.0 Å². The lowest BCUT2D eigenvalue weighted by atomic mass is 10.1. The number of ketones is 1. The van der Waals surface area contributed by atoms with Crippen LogP contribution in [-0.2, 0) is 0 Å². The number of thioether (sulfide) groups is 1. The van der Waals surface area contributed by atoms with Crippen molar-refractivity contribution in [1.29, 1.82) is 0 Å². The summed E-state index contributed by atoms with van der Waals surface area (Å²) in [5, 5.41) is 12.7. The summed E-state index contributed by atoms with van der Waals surface area (Å²) < 4.78 is 0. The van der Waals surface area contributed by atoms with Crippen LogP contribution in [0.1, 0.15) is 31.1 Å². The maximum Gasteiger partial charge on any atom is 0.336 e. The highest BCUT2D eigenvalue weighted by molar-refractivity contribution is 8.00. The van der Waals surface area contributed by atoms with E-state index >= 15 is 0 Å². The molecule has 1 amide bonds. The van der Waals surface area contributed by atoms with E-state index in [4.69, 9.17) is 23.2 Å². The second-order valence-electron chi connectivity index (χ2n) is 6.17. The Hall–Kier alpha value is -2.80. The van der Waals surface area contributed by atoms with E-state index in [0.29, 0.717) is 21.3 Å². The molecule has 0 spiro atoms. The van der Waals surface area contributed by atoms with Gasteiger partial charge in [-0.3, -0.25) is 9.59 Å². The topological polar surface area (TPSA) is 83.5 Å². The Labute approximate surface area is 187 Å². The molecule has 0 radical (unpaired) electrons. The zero-order valence-corrected chi connectivity index (χ0v) is 17.7. The molecule has 0 saturated carbocycles. The quantitative estimate of drug-likeness (QED) is 0.338. The van der Waals surface area contributed by atoms with Gasteiger partial charge in [0, 0.05) is 21.2 Å². The Morgan fingerprint density at radius 3 is 2.30 bits per heavy atom. The lowest BCUT2D eigenvalue weighted by molar-refractivity contribution is 0.0692. The van der Waals surface area contributed by atoms with E-state index in [0.717, 1.165) is 4.90 Å². The molecule has 0 saturated heterocycles. The highest BCUT2D eigenvalue weighted by Crippen LogP contribution is 2.26. The second kappa shape index (κ2) is 9.80. The van der Waals surface area contributed by atoms with Crippen LogP contribution in [0.25, 0.3) is 0 Å². The molecule has 0 bridgehead atoms. The third-order valence-corrected chi connectivity index (χ3v) is 5.64. The van der Waals surface area contributed by atoms with Crippen molar-refractivity contribution in [2.75, 3.05) is 11.1 Å². The highest BCUT2D eigenvalue weighted by atomic mass is 35.5. The Kier molecular flexibility index (Phi) is 7.15. The van der Waals surface area contributed by atoms with Crippen LogP contribution < -0.4 is 5.32 Å². The molecule has 0 aliphatic heterocycles. The van der Waals surface area contributed by atoms with Gasteiger partial charge in [0.05, 0.1) is 21.9 Å². The summed E-state index contributed by atoms with van der Waals surface area (Å²) in [5.74, 6) is -1.70. The molecule has 5 nitrogen and oxygen atoms in total. The number of hydrogen-bond acceptors (Lipinski definition) is 4. The number of carbonyl (C=O) groups excluding carboxylic acids is 2. The van der Waals surface area contributed by atoms with E-state index in [1.165, 1.54) is 30.0 Å². The van der Waals surface area contributed by atoms with Crippen LogP contribution in [0.4, 0.5) is 5.69 Å². The zero-order chi connectivity index (χ0) is 21.7. The molecule has 3 aromatic carbocycles. The SMILES string of the molecule is O=C(CSc1cccc(NC(=O)c2ccccc2C(=O)O)c1)c1ccc(Cl)cc1Cl. The summed E-state index contributed by atoms with van der Waals surface area (Å²) >= 11 is 13.2. The van der Waals surface area contributed by atoms with Crippen molar-refractivity contribution in [1.82, 2.24) is 0 Å². The average molecular weight is 460 g/mol. The molecule has 3 aromatic rings. The third kappa shape index (κ3) is 5.42. The molecule has 0 heterocycles. The maximum atomic E-state index is 12.5. The number of hydrogen-bond donors (Lipinski definition) is 2. The molecule has 2 N–H and O–H groups in total. The minimum absolute atomic E-state index is 0.0654. The fourth-order valence-electron chi connectivity index (χ4n) is 2.67. The van der Waals surface area contributed by atoms with Gasteiger partial charge in [-0.05, 0) is 48.5 Å². The van der Waals surface area contributed by atoms with Gasteiger partial charge in [-0.1, -0.05) is 41.4 Å². The fraction of sp³-hybridized carbons (Fsp3) is 0.0455. The first-order chi connectivity index (χ1) is 14.3. The predicted molar refractivity (Wildman–Crippen MR) is 119 cm³/mol. The van der Waals surface area contributed by atoms with E-state index < -0.39 is 11.9 Å². The molecular weight excluding hydrogens is 445 g/mol. The third-order valence-electron chi connectivity index (χ3n) is 4.10. The number of aromatic carboxylic acids is 1. The number of benzene rings is 3. The van der Waals surface area contributed by atoms with Gasteiger partial charge in [-0.25, -0.2) is 4.79 Å². The molecule has 30 heavy (non-hydrogen) atoms. The van der Waals surface area contributed by atoms with Gasteiger partial charge in [-0.2, -0.15) is 0 Å². The zero-order valence-electron chi connectivity index (χ0n) is 15.4. The van der Waals surface area contributed by atoms with Crippen molar-refractivity contribution in [2.24, 2.45) is 0 Å². The summed E-state index contributed by atoms with van der Waals surface area (Å²) in [6.45, 7) is 0. The minimum Gasteiger partial charge on any atom is -0.478 e. The molecule has 8 heteroatoms. The minimum atomic E-state index is -1.18. The molecule has 152 valence electrons. The van der Waals surface area contributed by atoms with Crippen LogP contribution in [-0.4, -0.2) is 28.5 Å². The van der Waals surface area contributed by atoms with Crippen molar-refractivity contribution in [3.8, 4) is 0 Å². The molecule has 0 aromatic heterocycles. The lowest BCUT2D eigenvalue weighted by Gasteiger charge is -2.09. The van der Waals surface area contributed by atoms with Gasteiger partial charge < -0.3 is 10.4 Å². The number of carbonyl (C=O) groups is 3. The molecule has 0 fully saturated rings. The van der Waals surface area contributed by atoms with Crippen LogP contribution in [0.2, 0.25) is 10.0 Å². The van der Waals surface area contributed by atoms with Gasteiger partial charge in [0.15, 0.2) is 5.78 Å². The Morgan fingerprint density at radius 1 is 0.867 bits per heavy atom. The van der Waals surface area contributed by atoms with Gasteiger partial charge in [0.25, 0.3) is 5.91 Å². The number of carboxylic acids is 1. The lowest BCUT2D eigenvalue weighted by Crippen LogP contribution is -2.16. The van der Waals surface area contributed by atoms with Crippen molar-refractivity contribution in [3.63, 3.8) is 0 Å². The normalized spacial score (nSPS) is 10.5. The summed E-state index contributed by atoms with van der Waals surface area (Å²) in [7, 11) is 0. The highest BCUT2D eigenvalue weighted by Gasteiger charge is 2.16.